The Hall–Kier alpha value is -2.33. The minimum atomic E-state index is -1.24. The van der Waals surface area contributed by atoms with Gasteiger partial charge in [-0.3, -0.25) is 0 Å². The zero-order valence-electron chi connectivity index (χ0n) is 11.9. The fourth-order valence-electron chi connectivity index (χ4n) is 1.84. The maximum absolute atomic E-state index is 11.5. The molecule has 0 heterocycles. The fourth-order valence-corrected chi connectivity index (χ4v) is 1.84. The average molecular weight is 286 g/mol. The topological polar surface area (TPSA) is 55.8 Å². The van der Waals surface area contributed by atoms with Gasteiger partial charge in [0.05, 0.1) is 0 Å². The van der Waals surface area contributed by atoms with E-state index in [9.17, 15) is 9.90 Å². The molecule has 0 aliphatic heterocycles. The Morgan fingerprint density at radius 2 is 1.57 bits per heavy atom. The number of aliphatic hydroxyl groups is 1. The van der Waals surface area contributed by atoms with Gasteiger partial charge in [0.25, 0.3) is 0 Å². The predicted molar refractivity (Wildman–Crippen MR) is 78.6 cm³/mol. The lowest BCUT2D eigenvalue weighted by atomic mass is 9.97. The molecule has 2 aromatic rings. The summed E-state index contributed by atoms with van der Waals surface area (Å²) in [4.78, 5) is 11.5. The third-order valence-electron chi connectivity index (χ3n) is 3.07. The molecule has 0 spiro atoms. The van der Waals surface area contributed by atoms with Crippen molar-refractivity contribution in [3.63, 3.8) is 0 Å². The first-order chi connectivity index (χ1) is 10.1. The van der Waals surface area contributed by atoms with E-state index in [1.165, 1.54) is 0 Å². The van der Waals surface area contributed by atoms with Gasteiger partial charge in [0.2, 0.25) is 0 Å². The van der Waals surface area contributed by atoms with Crippen LogP contribution in [-0.2, 0) is 21.7 Å². The van der Waals surface area contributed by atoms with Gasteiger partial charge in [0, 0.05) is 0 Å². The normalized spacial score (nSPS) is 13.2. The Kier molecular flexibility index (Phi) is 4.95. The monoisotopic (exact) mass is 286 g/mol. The first-order valence-electron chi connectivity index (χ1n) is 6.69. The predicted octanol–water partition coefficient (Wildman–Crippen LogP) is 3.25. The number of hydrogen-bond donors (Lipinski definition) is 1. The molecule has 0 aliphatic rings. The van der Waals surface area contributed by atoms with E-state index in [1.54, 1.807) is 19.1 Å². The largest absolute Gasteiger partial charge is 0.508 e. The maximum Gasteiger partial charge on any atom is 0.508 e. The molecule has 0 saturated heterocycles. The number of benzene rings is 2. The molecule has 4 heteroatoms. The summed E-state index contributed by atoms with van der Waals surface area (Å²) in [5, 5.41) is 10.3. The lowest BCUT2D eigenvalue weighted by molar-refractivity contribution is -0.0356. The molecule has 0 amide bonds. The molecule has 110 valence electrons. The van der Waals surface area contributed by atoms with Crippen LogP contribution in [0.3, 0.4) is 0 Å². The number of carbonyl (C=O) groups is 1. The highest BCUT2D eigenvalue weighted by atomic mass is 16.7. The van der Waals surface area contributed by atoms with Crippen molar-refractivity contribution in [3.8, 4) is 0 Å². The summed E-state index contributed by atoms with van der Waals surface area (Å²) in [7, 11) is 0. The van der Waals surface area contributed by atoms with Crippen molar-refractivity contribution in [1.82, 2.24) is 0 Å². The first kappa shape index (κ1) is 15.1. The van der Waals surface area contributed by atoms with Gasteiger partial charge in [-0.15, -0.1) is 0 Å². The third kappa shape index (κ3) is 4.61. The third-order valence-corrected chi connectivity index (χ3v) is 3.07. The molecular formula is C17H18O4. The molecule has 0 saturated carbocycles. The molecule has 21 heavy (non-hydrogen) atoms. The molecule has 1 unspecified atom stereocenters. The molecular weight excluding hydrogens is 268 g/mol. The molecule has 0 bridgehead atoms. The van der Waals surface area contributed by atoms with Gasteiger partial charge in [-0.25, -0.2) is 4.79 Å². The van der Waals surface area contributed by atoms with Crippen molar-refractivity contribution < 1.29 is 19.4 Å². The molecule has 2 aromatic carbocycles. The van der Waals surface area contributed by atoms with E-state index in [-0.39, 0.29) is 13.2 Å². The summed E-state index contributed by atoms with van der Waals surface area (Å²) >= 11 is 0. The van der Waals surface area contributed by atoms with Crippen LogP contribution in [0.2, 0.25) is 0 Å². The van der Waals surface area contributed by atoms with Gasteiger partial charge < -0.3 is 14.6 Å². The zero-order valence-corrected chi connectivity index (χ0v) is 11.9. The van der Waals surface area contributed by atoms with Crippen molar-refractivity contribution in [2.45, 2.75) is 19.1 Å². The van der Waals surface area contributed by atoms with Crippen molar-refractivity contribution in [1.29, 1.82) is 0 Å². The number of carbonyl (C=O) groups excluding carboxylic acids is 1. The smallest absolute Gasteiger partial charge is 0.431 e. The van der Waals surface area contributed by atoms with Gasteiger partial charge in [-0.1, -0.05) is 60.7 Å². The van der Waals surface area contributed by atoms with Gasteiger partial charge in [0.15, 0.2) is 0 Å². The highest BCUT2D eigenvalue weighted by molar-refractivity contribution is 5.60. The Morgan fingerprint density at radius 3 is 2.19 bits per heavy atom. The summed E-state index contributed by atoms with van der Waals surface area (Å²) in [5.41, 5.74) is 0.317. The van der Waals surface area contributed by atoms with E-state index in [1.807, 2.05) is 48.5 Å². The number of rotatable bonds is 5. The van der Waals surface area contributed by atoms with Crippen molar-refractivity contribution in [3.05, 3.63) is 71.8 Å². The molecule has 1 N–H and O–H groups in total. The second-order valence-electron chi connectivity index (χ2n) is 4.95. The number of hydrogen-bond acceptors (Lipinski definition) is 4. The van der Waals surface area contributed by atoms with Crippen molar-refractivity contribution in [2.75, 3.05) is 6.61 Å². The van der Waals surface area contributed by atoms with Crippen LogP contribution in [0.4, 0.5) is 4.79 Å². The van der Waals surface area contributed by atoms with Crippen molar-refractivity contribution in [2.24, 2.45) is 0 Å². The van der Waals surface area contributed by atoms with Crippen LogP contribution >= 0.6 is 0 Å². The quantitative estimate of drug-likeness (QED) is 0.857. The van der Waals surface area contributed by atoms with Crippen LogP contribution in [0.15, 0.2) is 60.7 Å². The molecule has 4 nitrogen and oxygen atoms in total. The second-order valence-corrected chi connectivity index (χ2v) is 4.95. The van der Waals surface area contributed by atoms with E-state index in [4.69, 9.17) is 9.47 Å². The van der Waals surface area contributed by atoms with E-state index in [0.717, 1.165) is 5.56 Å². The maximum atomic E-state index is 11.5. The minimum Gasteiger partial charge on any atom is -0.431 e. The average Bonchev–Trinajstić information content (AvgIpc) is 2.53. The highest BCUT2D eigenvalue weighted by Crippen LogP contribution is 2.20. The highest BCUT2D eigenvalue weighted by Gasteiger charge is 2.25. The lowest BCUT2D eigenvalue weighted by Crippen LogP contribution is -2.29. The molecule has 0 radical (unpaired) electrons. The summed E-state index contributed by atoms with van der Waals surface area (Å²) in [6.45, 7) is 1.57. The van der Waals surface area contributed by atoms with Gasteiger partial charge in [-0.05, 0) is 18.1 Å². The van der Waals surface area contributed by atoms with Crippen LogP contribution in [-0.4, -0.2) is 17.9 Å². The van der Waals surface area contributed by atoms with Gasteiger partial charge >= 0.3 is 6.16 Å². The molecule has 1 atom stereocenters. The van der Waals surface area contributed by atoms with Gasteiger partial charge in [0.1, 0.15) is 18.8 Å². The van der Waals surface area contributed by atoms with Crippen LogP contribution < -0.4 is 0 Å². The number of ether oxygens (including phenoxy) is 2. The summed E-state index contributed by atoms with van der Waals surface area (Å²) in [5.74, 6) is 0. The summed E-state index contributed by atoms with van der Waals surface area (Å²) < 4.78 is 9.96. The van der Waals surface area contributed by atoms with E-state index >= 15 is 0 Å². The zero-order chi connectivity index (χ0) is 15.1. The van der Waals surface area contributed by atoms with Crippen molar-refractivity contribution >= 4 is 6.16 Å². The Bertz CT molecular complexity index is 564. The van der Waals surface area contributed by atoms with E-state index in [2.05, 4.69) is 0 Å². The molecule has 0 fully saturated rings. The standard InChI is InChI=1S/C17H18O4/c1-17(19,15-10-6-3-7-11-15)13-21-16(18)20-12-14-8-4-2-5-9-14/h2-11,19H,12-13H2,1H3. The van der Waals surface area contributed by atoms with Crippen LogP contribution in [0.25, 0.3) is 0 Å². The first-order valence-corrected chi connectivity index (χ1v) is 6.69. The summed E-state index contributed by atoms with van der Waals surface area (Å²) in [6.07, 6.45) is -0.796. The molecule has 2 rings (SSSR count). The molecule has 0 aliphatic carbocycles. The van der Waals surface area contributed by atoms with Gasteiger partial charge in [-0.2, -0.15) is 0 Å². The summed E-state index contributed by atoms with van der Waals surface area (Å²) in [6, 6.07) is 18.4. The Morgan fingerprint density at radius 1 is 1.00 bits per heavy atom. The fraction of sp³-hybridized carbons (Fsp3) is 0.235. The van der Waals surface area contributed by atoms with E-state index in [0.29, 0.717) is 5.56 Å². The lowest BCUT2D eigenvalue weighted by Gasteiger charge is -2.23. The van der Waals surface area contributed by atoms with Crippen LogP contribution in [0.1, 0.15) is 18.1 Å². The van der Waals surface area contributed by atoms with Crippen LogP contribution in [0, 0.1) is 0 Å². The van der Waals surface area contributed by atoms with E-state index < -0.39 is 11.8 Å². The van der Waals surface area contributed by atoms with Crippen LogP contribution in [0.5, 0.6) is 0 Å². The second kappa shape index (κ2) is 6.90. The Labute approximate surface area is 123 Å². The Balaban J connectivity index is 1.81. The minimum absolute atomic E-state index is 0.146. The molecule has 0 aromatic heterocycles. The SMILES string of the molecule is CC(O)(COC(=O)OCc1ccccc1)c1ccccc1.